The number of carbonyl (C=O) groups is 1. The lowest BCUT2D eigenvalue weighted by molar-refractivity contribution is -0.122. The van der Waals surface area contributed by atoms with Crippen LogP contribution in [0.15, 0.2) is 28.6 Å². The molecule has 1 unspecified atom stereocenters. The summed E-state index contributed by atoms with van der Waals surface area (Å²) in [5.74, 6) is 0.972. The molecule has 0 fully saturated rings. The van der Waals surface area contributed by atoms with Gasteiger partial charge < -0.3 is 9.47 Å². The van der Waals surface area contributed by atoms with E-state index in [1.807, 2.05) is 6.07 Å². The summed E-state index contributed by atoms with van der Waals surface area (Å²) in [6.07, 6.45) is -0.660. The maximum absolute atomic E-state index is 12.2. The fourth-order valence-electron chi connectivity index (χ4n) is 1.65. The van der Waals surface area contributed by atoms with Crippen molar-refractivity contribution < 1.29 is 14.3 Å². The lowest BCUT2D eigenvalue weighted by atomic mass is 10.3. The Hall–Kier alpha value is -1.80. The highest BCUT2D eigenvalue weighted by Gasteiger charge is 2.17. The number of hydrogen-bond acceptors (Lipinski definition) is 7. The molecule has 0 spiro atoms. The van der Waals surface area contributed by atoms with Crippen molar-refractivity contribution in [3.63, 3.8) is 0 Å². The predicted octanol–water partition coefficient (Wildman–Crippen LogP) is 3.45. The van der Waals surface area contributed by atoms with Crippen molar-refractivity contribution in [1.29, 1.82) is 0 Å². The second-order valence-corrected chi connectivity index (χ2v) is 7.77. The summed E-state index contributed by atoms with van der Waals surface area (Å²) < 4.78 is 11.6. The van der Waals surface area contributed by atoms with E-state index in [-0.39, 0.29) is 5.91 Å². The third-order valence-electron chi connectivity index (χ3n) is 2.70. The topological polar surface area (TPSA) is 73.3 Å². The largest absolute Gasteiger partial charge is 0.497 e. The number of nitrogens with zero attached hydrogens (tertiary/aromatic N) is 2. The van der Waals surface area contributed by atoms with Crippen LogP contribution in [0.25, 0.3) is 0 Å². The Labute approximate surface area is 143 Å². The highest BCUT2D eigenvalue weighted by Crippen LogP contribution is 2.28. The van der Waals surface area contributed by atoms with Gasteiger partial charge in [-0.15, -0.1) is 10.2 Å². The number of methoxy groups -OCH3 is 1. The lowest BCUT2D eigenvalue weighted by Crippen LogP contribution is -2.30. The van der Waals surface area contributed by atoms with Crippen molar-refractivity contribution >= 4 is 34.1 Å². The van der Waals surface area contributed by atoms with Gasteiger partial charge in [-0.2, -0.15) is 0 Å². The van der Waals surface area contributed by atoms with Crippen LogP contribution in [0.3, 0.4) is 0 Å². The molecule has 0 radical (unpaired) electrons. The summed E-state index contributed by atoms with van der Waals surface area (Å²) in [6, 6.07) is 7.12. The van der Waals surface area contributed by atoms with Crippen LogP contribution in [0, 0.1) is 0 Å². The van der Waals surface area contributed by atoms with E-state index in [2.05, 4.69) is 29.4 Å². The molecule has 6 nitrogen and oxygen atoms in total. The Bertz CT molecular complexity index is 661. The van der Waals surface area contributed by atoms with Gasteiger partial charge in [0.05, 0.1) is 7.11 Å². The molecular weight excluding hydrogens is 334 g/mol. The lowest BCUT2D eigenvalue weighted by Gasteiger charge is -2.14. The van der Waals surface area contributed by atoms with Crippen LogP contribution >= 0.6 is 23.1 Å². The molecule has 1 heterocycles. The van der Waals surface area contributed by atoms with Gasteiger partial charge >= 0.3 is 0 Å². The number of aromatic nitrogens is 2. The average Bonchev–Trinajstić information content (AvgIpc) is 2.93. The van der Waals surface area contributed by atoms with E-state index in [9.17, 15) is 4.79 Å². The Morgan fingerprint density at radius 2 is 2.00 bits per heavy atom. The van der Waals surface area contributed by atoms with Crippen LogP contribution < -0.4 is 14.8 Å². The fraction of sp³-hybridized carbons (Fsp3) is 0.400. The molecule has 0 aliphatic carbocycles. The zero-order chi connectivity index (χ0) is 16.8. The first kappa shape index (κ1) is 17.6. The number of anilines is 1. The van der Waals surface area contributed by atoms with Crippen molar-refractivity contribution in [3.8, 4) is 11.5 Å². The maximum atomic E-state index is 12.2. The van der Waals surface area contributed by atoms with Crippen LogP contribution in [0.2, 0.25) is 0 Å². The SMILES string of the molecule is COc1cccc(OC(C)C(=O)Nc2nnc(SC(C)C)s2)c1. The monoisotopic (exact) mass is 353 g/mol. The third-order valence-corrected chi connectivity index (χ3v) is 4.62. The summed E-state index contributed by atoms with van der Waals surface area (Å²) in [7, 11) is 1.58. The normalized spacial score (nSPS) is 12.0. The van der Waals surface area contributed by atoms with E-state index < -0.39 is 6.10 Å². The van der Waals surface area contributed by atoms with Gasteiger partial charge in [-0.25, -0.2) is 0 Å². The van der Waals surface area contributed by atoms with Gasteiger partial charge in [0.15, 0.2) is 10.4 Å². The number of rotatable bonds is 7. The first-order valence-corrected chi connectivity index (χ1v) is 8.79. The molecule has 8 heteroatoms. The molecule has 124 valence electrons. The first-order chi connectivity index (χ1) is 11.0. The molecule has 2 rings (SSSR count). The molecule has 0 aliphatic rings. The van der Waals surface area contributed by atoms with Gasteiger partial charge in [-0.3, -0.25) is 10.1 Å². The third kappa shape index (κ3) is 5.40. The minimum atomic E-state index is -0.660. The molecule has 0 saturated heterocycles. The minimum absolute atomic E-state index is 0.273. The first-order valence-electron chi connectivity index (χ1n) is 7.09. The smallest absolute Gasteiger partial charge is 0.266 e. The predicted molar refractivity (Wildman–Crippen MR) is 92.6 cm³/mol. The number of thioether (sulfide) groups is 1. The molecule has 1 aromatic heterocycles. The number of carbonyl (C=O) groups excluding carboxylic acids is 1. The molecule has 1 amide bonds. The zero-order valence-corrected chi connectivity index (χ0v) is 15.0. The highest BCUT2D eigenvalue weighted by atomic mass is 32.2. The van der Waals surface area contributed by atoms with E-state index in [1.54, 1.807) is 44.0 Å². The number of benzene rings is 1. The number of amides is 1. The second-order valence-electron chi connectivity index (χ2n) is 4.97. The van der Waals surface area contributed by atoms with Gasteiger partial charge in [0.25, 0.3) is 5.91 Å². The van der Waals surface area contributed by atoms with Crippen molar-refractivity contribution in [2.75, 3.05) is 12.4 Å². The fourth-order valence-corrected chi connectivity index (χ4v) is 3.63. The molecule has 23 heavy (non-hydrogen) atoms. The second kappa shape index (κ2) is 8.16. The summed E-state index contributed by atoms with van der Waals surface area (Å²) in [5.41, 5.74) is 0. The molecule has 0 bridgehead atoms. The van der Waals surface area contributed by atoms with E-state index in [0.29, 0.717) is 21.9 Å². The van der Waals surface area contributed by atoms with Crippen LogP contribution in [0.4, 0.5) is 5.13 Å². The molecule has 1 aromatic carbocycles. The van der Waals surface area contributed by atoms with Gasteiger partial charge in [-0.1, -0.05) is 43.0 Å². The Morgan fingerprint density at radius 3 is 2.70 bits per heavy atom. The minimum Gasteiger partial charge on any atom is -0.497 e. The summed E-state index contributed by atoms with van der Waals surface area (Å²) in [6.45, 7) is 5.84. The average molecular weight is 353 g/mol. The standard InChI is InChI=1S/C15H19N3O3S2/c1-9(2)22-15-18-17-14(23-15)16-13(19)10(3)21-12-7-5-6-11(8-12)20-4/h5-10H,1-4H3,(H,16,17,19). The summed E-state index contributed by atoms with van der Waals surface area (Å²) in [4.78, 5) is 12.2. The van der Waals surface area contributed by atoms with E-state index in [1.165, 1.54) is 11.3 Å². The molecule has 0 saturated carbocycles. The van der Waals surface area contributed by atoms with Crippen molar-refractivity contribution in [2.24, 2.45) is 0 Å². The van der Waals surface area contributed by atoms with Gasteiger partial charge in [-0.05, 0) is 19.1 Å². The van der Waals surface area contributed by atoms with Gasteiger partial charge in [0, 0.05) is 11.3 Å². The Balaban J connectivity index is 1.92. The van der Waals surface area contributed by atoms with E-state index in [4.69, 9.17) is 9.47 Å². The Kier molecular flexibility index (Phi) is 6.23. The van der Waals surface area contributed by atoms with E-state index >= 15 is 0 Å². The van der Waals surface area contributed by atoms with E-state index in [0.717, 1.165) is 4.34 Å². The molecule has 1 atom stereocenters. The number of ether oxygens (including phenoxy) is 2. The summed E-state index contributed by atoms with van der Waals surface area (Å²) in [5, 5.41) is 11.6. The number of nitrogens with one attached hydrogen (secondary N) is 1. The van der Waals surface area contributed by atoms with Gasteiger partial charge in [0.2, 0.25) is 5.13 Å². The number of hydrogen-bond donors (Lipinski definition) is 1. The zero-order valence-electron chi connectivity index (χ0n) is 13.4. The molecule has 2 aromatic rings. The van der Waals surface area contributed by atoms with Crippen LogP contribution in [0.1, 0.15) is 20.8 Å². The molecular formula is C15H19N3O3S2. The van der Waals surface area contributed by atoms with Crippen LogP contribution in [-0.2, 0) is 4.79 Å². The maximum Gasteiger partial charge on any atom is 0.266 e. The van der Waals surface area contributed by atoms with Crippen molar-refractivity contribution in [3.05, 3.63) is 24.3 Å². The van der Waals surface area contributed by atoms with Crippen LogP contribution in [0.5, 0.6) is 11.5 Å². The molecule has 1 N–H and O–H groups in total. The van der Waals surface area contributed by atoms with Crippen LogP contribution in [-0.4, -0.2) is 34.6 Å². The Morgan fingerprint density at radius 1 is 1.26 bits per heavy atom. The quantitative estimate of drug-likeness (QED) is 0.607. The van der Waals surface area contributed by atoms with Gasteiger partial charge in [0.1, 0.15) is 11.5 Å². The van der Waals surface area contributed by atoms with Crippen molar-refractivity contribution in [1.82, 2.24) is 10.2 Å². The highest BCUT2D eigenvalue weighted by molar-refractivity contribution is 8.01. The van der Waals surface area contributed by atoms with Crippen molar-refractivity contribution in [2.45, 2.75) is 36.5 Å². The summed E-state index contributed by atoms with van der Waals surface area (Å²) >= 11 is 2.96. The molecule has 0 aliphatic heterocycles.